The SMILES string of the molecule is COC(=O)CSCCC(=O)N1CCN(Cc2ccc(OC(F)(F)F)cc2)CC1. The number of esters is 1. The number of hydrogen-bond donors (Lipinski definition) is 0. The third-order valence-corrected chi connectivity index (χ3v) is 5.13. The summed E-state index contributed by atoms with van der Waals surface area (Å²) in [6.45, 7) is 3.21. The Morgan fingerprint density at radius 3 is 2.32 bits per heavy atom. The molecule has 156 valence electrons. The maximum Gasteiger partial charge on any atom is 0.573 e. The van der Waals surface area contributed by atoms with Gasteiger partial charge in [-0.1, -0.05) is 12.1 Å². The first-order valence-corrected chi connectivity index (χ1v) is 9.91. The summed E-state index contributed by atoms with van der Waals surface area (Å²) < 4.78 is 45.0. The average Bonchev–Trinajstić information content (AvgIpc) is 2.66. The third kappa shape index (κ3) is 7.97. The van der Waals surface area contributed by atoms with Crippen LogP contribution in [0, 0.1) is 0 Å². The predicted molar refractivity (Wildman–Crippen MR) is 98.9 cm³/mol. The summed E-state index contributed by atoms with van der Waals surface area (Å²) in [6.07, 6.45) is -4.31. The van der Waals surface area contributed by atoms with Crippen LogP contribution in [0.2, 0.25) is 0 Å². The molecule has 1 fully saturated rings. The molecule has 2 rings (SSSR count). The second-order valence-electron chi connectivity index (χ2n) is 6.23. The van der Waals surface area contributed by atoms with Gasteiger partial charge in [0.05, 0.1) is 12.9 Å². The molecule has 1 aliphatic rings. The zero-order valence-electron chi connectivity index (χ0n) is 15.5. The quantitative estimate of drug-likeness (QED) is 0.476. The van der Waals surface area contributed by atoms with Crippen LogP contribution in [0.15, 0.2) is 24.3 Å². The van der Waals surface area contributed by atoms with Gasteiger partial charge in [-0.25, -0.2) is 0 Å². The van der Waals surface area contributed by atoms with E-state index in [0.29, 0.717) is 44.9 Å². The highest BCUT2D eigenvalue weighted by molar-refractivity contribution is 7.99. The van der Waals surface area contributed by atoms with Crippen molar-refractivity contribution in [1.29, 1.82) is 0 Å². The van der Waals surface area contributed by atoms with E-state index in [2.05, 4.69) is 14.4 Å². The summed E-state index contributed by atoms with van der Waals surface area (Å²) in [5, 5.41) is 0. The van der Waals surface area contributed by atoms with Crippen LogP contribution in [0.3, 0.4) is 0 Å². The lowest BCUT2D eigenvalue weighted by molar-refractivity contribution is -0.274. The van der Waals surface area contributed by atoms with E-state index in [0.717, 1.165) is 5.56 Å². The maximum absolute atomic E-state index is 12.2. The van der Waals surface area contributed by atoms with Crippen molar-refractivity contribution in [3.8, 4) is 5.75 Å². The number of hydrogen-bond acceptors (Lipinski definition) is 6. The fraction of sp³-hybridized carbons (Fsp3) is 0.556. The predicted octanol–water partition coefficient (Wildman–Crippen LogP) is 2.53. The van der Waals surface area contributed by atoms with E-state index in [9.17, 15) is 22.8 Å². The van der Waals surface area contributed by atoms with Crippen molar-refractivity contribution in [3.63, 3.8) is 0 Å². The Labute approximate surface area is 165 Å². The van der Waals surface area contributed by atoms with E-state index >= 15 is 0 Å². The average molecular weight is 420 g/mol. The molecule has 1 aromatic carbocycles. The minimum atomic E-state index is -4.69. The van der Waals surface area contributed by atoms with Crippen LogP contribution < -0.4 is 4.74 Å². The van der Waals surface area contributed by atoms with Gasteiger partial charge in [-0.2, -0.15) is 0 Å². The highest BCUT2D eigenvalue weighted by Crippen LogP contribution is 2.23. The number of methoxy groups -OCH3 is 1. The summed E-state index contributed by atoms with van der Waals surface area (Å²) in [6, 6.07) is 5.82. The zero-order valence-corrected chi connectivity index (χ0v) is 16.4. The summed E-state index contributed by atoms with van der Waals surface area (Å²) in [5.41, 5.74) is 0.883. The molecule has 1 amide bonds. The largest absolute Gasteiger partial charge is 0.573 e. The molecule has 0 aliphatic carbocycles. The van der Waals surface area contributed by atoms with Gasteiger partial charge in [0.15, 0.2) is 0 Å². The normalized spacial score (nSPS) is 15.4. The highest BCUT2D eigenvalue weighted by atomic mass is 32.2. The number of ether oxygens (including phenoxy) is 2. The molecule has 0 saturated carbocycles. The lowest BCUT2D eigenvalue weighted by Gasteiger charge is -2.34. The van der Waals surface area contributed by atoms with E-state index < -0.39 is 6.36 Å². The summed E-state index contributed by atoms with van der Waals surface area (Å²) in [5.74, 6) is 0.330. The Morgan fingerprint density at radius 2 is 1.75 bits per heavy atom. The molecular weight excluding hydrogens is 397 g/mol. The van der Waals surface area contributed by atoms with Gasteiger partial charge in [0.1, 0.15) is 5.75 Å². The minimum Gasteiger partial charge on any atom is -0.468 e. The molecule has 1 aromatic rings. The molecule has 28 heavy (non-hydrogen) atoms. The van der Waals surface area contributed by atoms with Gasteiger partial charge in [0.25, 0.3) is 0 Å². The number of thioether (sulfide) groups is 1. The molecule has 0 unspecified atom stereocenters. The van der Waals surface area contributed by atoms with E-state index in [1.165, 1.54) is 31.0 Å². The monoisotopic (exact) mass is 420 g/mol. The van der Waals surface area contributed by atoms with E-state index in [1.807, 2.05) is 0 Å². The molecule has 1 saturated heterocycles. The van der Waals surface area contributed by atoms with Gasteiger partial charge >= 0.3 is 12.3 Å². The first-order valence-electron chi connectivity index (χ1n) is 8.76. The molecule has 0 N–H and O–H groups in total. The molecule has 0 aromatic heterocycles. The van der Waals surface area contributed by atoms with E-state index in [4.69, 9.17) is 0 Å². The van der Waals surface area contributed by atoms with Crippen LogP contribution in [0.5, 0.6) is 5.75 Å². The third-order valence-electron chi connectivity index (χ3n) is 4.20. The molecular formula is C18H23F3N2O4S. The standard InChI is InChI=1S/C18H23F3N2O4S/c1-26-17(25)13-28-11-6-16(24)23-9-7-22(8-10-23)12-14-2-4-15(5-3-14)27-18(19,20)21/h2-5H,6-13H2,1H3. The molecule has 10 heteroatoms. The first-order chi connectivity index (χ1) is 13.3. The van der Waals surface area contributed by atoms with Crippen LogP contribution >= 0.6 is 11.8 Å². The molecule has 0 spiro atoms. The summed E-state index contributed by atoms with van der Waals surface area (Å²) in [7, 11) is 1.33. The van der Waals surface area contributed by atoms with Gasteiger partial charge in [0.2, 0.25) is 5.91 Å². The summed E-state index contributed by atoms with van der Waals surface area (Å²) in [4.78, 5) is 27.2. The van der Waals surface area contributed by atoms with Gasteiger partial charge < -0.3 is 14.4 Å². The summed E-state index contributed by atoms with van der Waals surface area (Å²) >= 11 is 1.37. The second kappa shape index (κ2) is 10.6. The Hall–Kier alpha value is -1.94. The van der Waals surface area contributed by atoms with Crippen molar-refractivity contribution in [2.24, 2.45) is 0 Å². The minimum absolute atomic E-state index is 0.0608. The Balaban J connectivity index is 1.69. The van der Waals surface area contributed by atoms with E-state index in [1.54, 1.807) is 17.0 Å². The zero-order chi connectivity index (χ0) is 20.6. The van der Waals surface area contributed by atoms with Gasteiger partial charge in [-0.05, 0) is 17.7 Å². The van der Waals surface area contributed by atoms with Gasteiger partial charge in [-0.15, -0.1) is 24.9 Å². The van der Waals surface area contributed by atoms with Crippen molar-refractivity contribution in [1.82, 2.24) is 9.80 Å². The Morgan fingerprint density at radius 1 is 1.11 bits per heavy atom. The van der Waals surface area contributed by atoms with Crippen LogP contribution in [0.4, 0.5) is 13.2 Å². The second-order valence-corrected chi connectivity index (χ2v) is 7.33. The fourth-order valence-electron chi connectivity index (χ4n) is 2.74. The van der Waals surface area contributed by atoms with Crippen molar-refractivity contribution in [2.45, 2.75) is 19.3 Å². The lowest BCUT2D eigenvalue weighted by atomic mass is 10.2. The van der Waals surface area contributed by atoms with Crippen LogP contribution in [0.1, 0.15) is 12.0 Å². The molecule has 6 nitrogen and oxygen atoms in total. The first kappa shape index (κ1) is 22.4. The number of nitrogens with zero attached hydrogens (tertiary/aromatic N) is 2. The topological polar surface area (TPSA) is 59.1 Å². The molecule has 1 aliphatic heterocycles. The highest BCUT2D eigenvalue weighted by Gasteiger charge is 2.31. The van der Waals surface area contributed by atoms with Crippen LogP contribution in [0.25, 0.3) is 0 Å². The van der Waals surface area contributed by atoms with Gasteiger partial charge in [0, 0.05) is 44.9 Å². The van der Waals surface area contributed by atoms with Gasteiger partial charge in [-0.3, -0.25) is 14.5 Å². The Bertz CT molecular complexity index is 647. The Kier molecular flexibility index (Phi) is 8.43. The molecule has 0 radical (unpaired) electrons. The van der Waals surface area contributed by atoms with Crippen molar-refractivity contribution < 1.29 is 32.2 Å². The maximum atomic E-state index is 12.2. The number of benzene rings is 1. The molecule has 0 bridgehead atoms. The number of rotatable bonds is 8. The number of piperazine rings is 1. The lowest BCUT2D eigenvalue weighted by Crippen LogP contribution is -2.48. The van der Waals surface area contributed by atoms with Crippen molar-refractivity contribution in [3.05, 3.63) is 29.8 Å². The number of carbonyl (C=O) groups is 2. The number of carbonyl (C=O) groups excluding carboxylic acids is 2. The molecule has 0 atom stereocenters. The molecule has 1 heterocycles. The smallest absolute Gasteiger partial charge is 0.468 e. The number of amides is 1. The van der Waals surface area contributed by atoms with Crippen LogP contribution in [-0.4, -0.2) is 72.8 Å². The van der Waals surface area contributed by atoms with Crippen LogP contribution in [-0.2, 0) is 20.9 Å². The van der Waals surface area contributed by atoms with E-state index in [-0.39, 0.29) is 23.4 Å². The fourth-order valence-corrected chi connectivity index (χ4v) is 3.49. The van der Waals surface area contributed by atoms with Crippen molar-refractivity contribution >= 4 is 23.6 Å². The number of halogens is 3. The number of alkyl halides is 3. The van der Waals surface area contributed by atoms with Crippen molar-refractivity contribution in [2.75, 3.05) is 44.8 Å².